The van der Waals surface area contributed by atoms with E-state index in [1.54, 1.807) is 0 Å². The normalized spacial score (nSPS) is 9.44. The molecule has 0 nitrogen and oxygen atoms in total. The lowest BCUT2D eigenvalue weighted by Gasteiger charge is -1.93. The molecule has 0 fully saturated rings. The predicted octanol–water partition coefficient (Wildman–Crippen LogP) is 2.27. The molecule has 0 spiro atoms. The van der Waals surface area contributed by atoms with Crippen LogP contribution in [-0.2, 0) is 6.42 Å². The molecule has 0 amide bonds. The zero-order valence-corrected chi connectivity index (χ0v) is 6.40. The zero-order valence-electron chi connectivity index (χ0n) is 5.25. The van der Waals surface area contributed by atoms with Crippen molar-refractivity contribution in [3.8, 4) is 0 Å². The fraction of sp³-hybridized carbons (Fsp3) is 0.125. The van der Waals surface area contributed by atoms with Crippen molar-refractivity contribution in [2.45, 2.75) is 6.42 Å². The van der Waals surface area contributed by atoms with Gasteiger partial charge < -0.3 is 0 Å². The van der Waals surface area contributed by atoms with E-state index in [1.807, 2.05) is 6.07 Å². The van der Waals surface area contributed by atoms with Gasteiger partial charge in [0, 0.05) is 0 Å². The van der Waals surface area contributed by atoms with Gasteiger partial charge in [-0.1, -0.05) is 30.3 Å². The standard InChI is InChI=1S/C8H10P/c9-7-6-8-4-2-1-3-5-8/h1-5,7H,6,9H2. The molecule has 0 saturated carbocycles. The first-order valence-electron chi connectivity index (χ1n) is 3.01. The van der Waals surface area contributed by atoms with Gasteiger partial charge in [0.25, 0.3) is 0 Å². The maximum absolute atomic E-state index is 2.60. The smallest absolute Gasteiger partial charge is 0.0158 e. The van der Waals surface area contributed by atoms with Gasteiger partial charge in [0.2, 0.25) is 0 Å². The molecule has 0 aliphatic carbocycles. The second kappa shape index (κ2) is 3.63. The summed E-state index contributed by atoms with van der Waals surface area (Å²) >= 11 is 0. The number of hydrogen-bond donors (Lipinski definition) is 0. The van der Waals surface area contributed by atoms with Crippen LogP contribution in [0, 0.1) is 6.16 Å². The third-order valence-electron chi connectivity index (χ3n) is 1.20. The van der Waals surface area contributed by atoms with E-state index in [0.29, 0.717) is 0 Å². The Morgan fingerprint density at radius 2 is 1.89 bits per heavy atom. The molecule has 1 atom stereocenters. The fourth-order valence-electron chi connectivity index (χ4n) is 0.750. The average Bonchev–Trinajstić information content (AvgIpc) is 1.91. The second-order valence-corrected chi connectivity index (χ2v) is 2.40. The van der Waals surface area contributed by atoms with Crippen molar-refractivity contribution < 1.29 is 0 Å². The molecule has 0 aliphatic rings. The number of rotatable bonds is 2. The number of benzene rings is 1. The molecule has 1 rings (SSSR count). The van der Waals surface area contributed by atoms with Crippen LogP contribution in [0.2, 0.25) is 0 Å². The van der Waals surface area contributed by atoms with Crippen molar-refractivity contribution in [1.82, 2.24) is 0 Å². The maximum Gasteiger partial charge on any atom is -0.0158 e. The summed E-state index contributed by atoms with van der Waals surface area (Å²) in [6.45, 7) is 0. The molecule has 0 aromatic heterocycles. The van der Waals surface area contributed by atoms with Crippen molar-refractivity contribution in [3.63, 3.8) is 0 Å². The van der Waals surface area contributed by atoms with Gasteiger partial charge in [-0.15, -0.1) is 9.24 Å². The van der Waals surface area contributed by atoms with Crippen LogP contribution in [0.1, 0.15) is 5.56 Å². The fourth-order valence-corrected chi connectivity index (χ4v) is 1.02. The zero-order chi connectivity index (χ0) is 6.53. The molecule has 1 aromatic rings. The predicted molar refractivity (Wildman–Crippen MR) is 44.2 cm³/mol. The first-order valence-corrected chi connectivity index (χ1v) is 3.67. The molecule has 47 valence electrons. The van der Waals surface area contributed by atoms with Crippen LogP contribution in [0.15, 0.2) is 30.3 Å². The molecule has 1 heteroatoms. The third-order valence-corrected chi connectivity index (χ3v) is 1.43. The molecule has 0 heterocycles. The molecule has 9 heavy (non-hydrogen) atoms. The molecular weight excluding hydrogens is 127 g/mol. The Hall–Kier alpha value is -0.350. The van der Waals surface area contributed by atoms with Gasteiger partial charge in [-0.25, -0.2) is 0 Å². The topological polar surface area (TPSA) is 0 Å². The van der Waals surface area contributed by atoms with Crippen LogP contribution in [0.5, 0.6) is 0 Å². The second-order valence-electron chi connectivity index (χ2n) is 1.93. The Kier molecular flexibility index (Phi) is 2.73. The maximum atomic E-state index is 2.60. The van der Waals surface area contributed by atoms with Crippen LogP contribution in [-0.4, -0.2) is 0 Å². The van der Waals surface area contributed by atoms with Crippen LogP contribution in [0.3, 0.4) is 0 Å². The first-order chi connectivity index (χ1) is 4.43. The van der Waals surface area contributed by atoms with Gasteiger partial charge in [-0.2, -0.15) is 0 Å². The highest BCUT2D eigenvalue weighted by atomic mass is 31.0. The van der Waals surface area contributed by atoms with E-state index in [2.05, 4.69) is 39.7 Å². The number of hydrogen-bond acceptors (Lipinski definition) is 0. The molecular formula is C8H10P. The average molecular weight is 137 g/mol. The van der Waals surface area contributed by atoms with Gasteiger partial charge in [0.15, 0.2) is 0 Å². The molecule has 0 bridgehead atoms. The molecule has 1 aromatic carbocycles. The van der Waals surface area contributed by atoms with Crippen molar-refractivity contribution in [3.05, 3.63) is 42.1 Å². The largest absolute Gasteiger partial charge is 0.133 e. The highest BCUT2D eigenvalue weighted by Crippen LogP contribution is 2.03. The van der Waals surface area contributed by atoms with Gasteiger partial charge in [0.1, 0.15) is 0 Å². The van der Waals surface area contributed by atoms with E-state index < -0.39 is 0 Å². The van der Waals surface area contributed by atoms with Crippen molar-refractivity contribution in [1.29, 1.82) is 0 Å². The van der Waals surface area contributed by atoms with Crippen molar-refractivity contribution in [2.75, 3.05) is 0 Å². The lowest BCUT2D eigenvalue weighted by Crippen LogP contribution is -1.77. The van der Waals surface area contributed by atoms with E-state index in [-0.39, 0.29) is 0 Å². The Bertz CT molecular complexity index is 157. The summed E-state index contributed by atoms with van der Waals surface area (Å²) in [6.07, 6.45) is 3.13. The molecule has 1 unspecified atom stereocenters. The summed E-state index contributed by atoms with van der Waals surface area (Å²) in [5, 5.41) is 0. The molecule has 1 radical (unpaired) electrons. The van der Waals surface area contributed by atoms with E-state index in [0.717, 1.165) is 6.42 Å². The van der Waals surface area contributed by atoms with Crippen LogP contribution < -0.4 is 0 Å². The minimum atomic E-state index is 1.05. The highest BCUT2D eigenvalue weighted by Gasteiger charge is 1.84. The summed E-state index contributed by atoms with van der Waals surface area (Å²) in [5.74, 6) is 0. The minimum Gasteiger partial charge on any atom is -0.133 e. The molecule has 0 saturated heterocycles. The van der Waals surface area contributed by atoms with Crippen LogP contribution in [0.4, 0.5) is 0 Å². The van der Waals surface area contributed by atoms with E-state index >= 15 is 0 Å². The summed E-state index contributed by atoms with van der Waals surface area (Å²) in [7, 11) is 2.60. The third kappa shape index (κ3) is 2.15. The summed E-state index contributed by atoms with van der Waals surface area (Å²) in [4.78, 5) is 0. The van der Waals surface area contributed by atoms with Crippen LogP contribution >= 0.6 is 9.24 Å². The first kappa shape index (κ1) is 6.77. The van der Waals surface area contributed by atoms with Gasteiger partial charge in [-0.05, 0) is 18.1 Å². The highest BCUT2D eigenvalue weighted by molar-refractivity contribution is 7.19. The van der Waals surface area contributed by atoms with Gasteiger partial charge in [0.05, 0.1) is 0 Å². The lowest BCUT2D eigenvalue weighted by atomic mass is 10.2. The summed E-state index contributed by atoms with van der Waals surface area (Å²) in [5.41, 5.74) is 1.37. The van der Waals surface area contributed by atoms with E-state index in [9.17, 15) is 0 Å². The quantitative estimate of drug-likeness (QED) is 0.548. The minimum absolute atomic E-state index is 1.05. The van der Waals surface area contributed by atoms with E-state index in [4.69, 9.17) is 0 Å². The Morgan fingerprint density at radius 3 is 2.44 bits per heavy atom. The lowest BCUT2D eigenvalue weighted by molar-refractivity contribution is 1.25. The monoisotopic (exact) mass is 137 g/mol. The molecule has 0 aliphatic heterocycles. The van der Waals surface area contributed by atoms with Crippen LogP contribution in [0.25, 0.3) is 0 Å². The Labute approximate surface area is 58.5 Å². The summed E-state index contributed by atoms with van der Waals surface area (Å²) < 4.78 is 0. The van der Waals surface area contributed by atoms with Crippen molar-refractivity contribution >= 4 is 9.24 Å². The SMILES string of the molecule is P[CH]Cc1ccccc1. The van der Waals surface area contributed by atoms with Gasteiger partial charge in [-0.3, -0.25) is 0 Å². The van der Waals surface area contributed by atoms with Crippen molar-refractivity contribution in [2.24, 2.45) is 0 Å². The van der Waals surface area contributed by atoms with Gasteiger partial charge >= 0.3 is 0 Å². The summed E-state index contributed by atoms with van der Waals surface area (Å²) in [6, 6.07) is 10.4. The van der Waals surface area contributed by atoms with E-state index in [1.165, 1.54) is 5.56 Å². The Morgan fingerprint density at radius 1 is 1.22 bits per heavy atom. The Balaban J connectivity index is 2.61. The molecule has 0 N–H and O–H groups in total.